The second-order valence-electron chi connectivity index (χ2n) is 7.32. The fraction of sp³-hybridized carbons (Fsp3) is 0.174. The molecule has 1 aliphatic rings. The monoisotopic (exact) mass is 420 g/mol. The van der Waals surface area contributed by atoms with Gasteiger partial charge in [-0.05, 0) is 35.0 Å². The molecule has 1 saturated heterocycles. The summed E-state index contributed by atoms with van der Waals surface area (Å²) in [5.41, 5.74) is 0.669. The first kappa shape index (κ1) is 18.8. The Morgan fingerprint density at radius 3 is 2.27 bits per heavy atom. The van der Waals surface area contributed by atoms with Gasteiger partial charge in [0.15, 0.2) is 5.76 Å². The number of hydrogen-bond donors (Lipinski definition) is 0. The molecule has 5 rings (SSSR count). The van der Waals surface area contributed by atoms with Crippen LogP contribution < -0.4 is 0 Å². The Morgan fingerprint density at radius 2 is 1.50 bits per heavy atom. The maximum atomic E-state index is 13.0. The number of piperazine rings is 1. The summed E-state index contributed by atoms with van der Waals surface area (Å²) in [5, 5.41) is 3.03. The molecule has 1 aromatic heterocycles. The van der Waals surface area contributed by atoms with Gasteiger partial charge in [0.25, 0.3) is 5.91 Å². The van der Waals surface area contributed by atoms with Gasteiger partial charge >= 0.3 is 0 Å². The van der Waals surface area contributed by atoms with Gasteiger partial charge in [0.1, 0.15) is 5.58 Å². The van der Waals surface area contributed by atoms with E-state index >= 15 is 0 Å². The minimum atomic E-state index is -3.55. The smallest absolute Gasteiger partial charge is 0.289 e. The number of rotatable bonds is 3. The Morgan fingerprint density at radius 1 is 0.800 bits per heavy atom. The van der Waals surface area contributed by atoms with Crippen LogP contribution in [-0.4, -0.2) is 49.7 Å². The summed E-state index contributed by atoms with van der Waals surface area (Å²) >= 11 is 0. The van der Waals surface area contributed by atoms with E-state index in [1.165, 1.54) is 4.31 Å². The molecule has 0 saturated carbocycles. The summed E-state index contributed by atoms with van der Waals surface area (Å²) in [4.78, 5) is 14.9. The van der Waals surface area contributed by atoms with Crippen LogP contribution in [0.2, 0.25) is 0 Å². The van der Waals surface area contributed by atoms with Crippen molar-refractivity contribution in [1.82, 2.24) is 9.21 Å². The number of hydrogen-bond acceptors (Lipinski definition) is 4. The molecule has 0 atom stereocenters. The van der Waals surface area contributed by atoms with Gasteiger partial charge in [0.2, 0.25) is 10.0 Å². The van der Waals surface area contributed by atoms with E-state index in [2.05, 4.69) is 0 Å². The van der Waals surface area contributed by atoms with E-state index in [1.54, 1.807) is 41.3 Å². The van der Waals surface area contributed by atoms with Crippen molar-refractivity contribution < 1.29 is 17.6 Å². The van der Waals surface area contributed by atoms with Gasteiger partial charge < -0.3 is 9.32 Å². The Kier molecular flexibility index (Phi) is 4.56. The molecule has 3 aromatic carbocycles. The van der Waals surface area contributed by atoms with Gasteiger partial charge in [0.05, 0.1) is 4.90 Å². The molecular weight excluding hydrogens is 400 g/mol. The normalized spacial score (nSPS) is 15.7. The van der Waals surface area contributed by atoms with Crippen LogP contribution >= 0.6 is 0 Å². The average Bonchev–Trinajstić information content (AvgIpc) is 3.24. The number of nitrogens with zero attached hydrogens (tertiary/aromatic N) is 2. The SMILES string of the molecule is O=C(c1cc2c(ccc3ccccc32)o1)N1CCN(S(=O)(=O)c2ccccc2)CC1. The predicted octanol–water partition coefficient (Wildman–Crippen LogP) is 3.73. The number of carbonyl (C=O) groups is 1. The lowest BCUT2D eigenvalue weighted by Gasteiger charge is -2.33. The van der Waals surface area contributed by atoms with Gasteiger partial charge in [-0.1, -0.05) is 48.5 Å². The third kappa shape index (κ3) is 3.16. The first-order chi connectivity index (χ1) is 14.5. The molecule has 0 aliphatic carbocycles. The summed E-state index contributed by atoms with van der Waals surface area (Å²) < 4.78 is 32.8. The van der Waals surface area contributed by atoms with E-state index in [1.807, 2.05) is 36.4 Å². The van der Waals surface area contributed by atoms with Crippen LogP contribution in [0.15, 0.2) is 82.1 Å². The van der Waals surface area contributed by atoms with Crippen molar-refractivity contribution in [3.05, 3.63) is 78.6 Å². The number of furan rings is 1. The zero-order valence-corrected chi connectivity index (χ0v) is 17.0. The summed E-state index contributed by atoms with van der Waals surface area (Å²) in [7, 11) is -3.55. The zero-order valence-electron chi connectivity index (χ0n) is 16.2. The maximum Gasteiger partial charge on any atom is 0.289 e. The molecule has 0 N–H and O–H groups in total. The topological polar surface area (TPSA) is 70.8 Å². The fourth-order valence-corrected chi connectivity index (χ4v) is 5.37. The first-order valence-corrected chi connectivity index (χ1v) is 11.2. The third-order valence-electron chi connectivity index (χ3n) is 5.54. The molecular formula is C23H20N2O4S. The number of sulfonamides is 1. The van der Waals surface area contributed by atoms with Crippen LogP contribution in [-0.2, 0) is 10.0 Å². The Bertz CT molecular complexity index is 1340. The average molecular weight is 420 g/mol. The van der Waals surface area contributed by atoms with E-state index in [0.29, 0.717) is 18.7 Å². The van der Waals surface area contributed by atoms with Crippen molar-refractivity contribution in [2.24, 2.45) is 0 Å². The van der Waals surface area contributed by atoms with E-state index in [9.17, 15) is 13.2 Å². The highest BCUT2D eigenvalue weighted by Crippen LogP contribution is 2.29. The van der Waals surface area contributed by atoms with Crippen LogP contribution in [0.25, 0.3) is 21.7 Å². The lowest BCUT2D eigenvalue weighted by atomic mass is 10.1. The van der Waals surface area contributed by atoms with Gasteiger partial charge in [-0.2, -0.15) is 4.31 Å². The summed E-state index contributed by atoms with van der Waals surface area (Å²) in [6.07, 6.45) is 0. The molecule has 1 fully saturated rings. The highest BCUT2D eigenvalue weighted by Gasteiger charge is 2.31. The lowest BCUT2D eigenvalue weighted by Crippen LogP contribution is -2.50. The van der Waals surface area contributed by atoms with Crippen molar-refractivity contribution in [2.45, 2.75) is 4.90 Å². The minimum absolute atomic E-state index is 0.216. The molecule has 1 aliphatic heterocycles. The molecule has 0 unspecified atom stereocenters. The van der Waals surface area contributed by atoms with Crippen molar-refractivity contribution in [3.63, 3.8) is 0 Å². The van der Waals surface area contributed by atoms with Crippen LogP contribution in [0.3, 0.4) is 0 Å². The van der Waals surface area contributed by atoms with E-state index in [4.69, 9.17) is 4.42 Å². The molecule has 1 amide bonds. The summed E-state index contributed by atoms with van der Waals surface area (Å²) in [5.74, 6) is 0.0627. The maximum absolute atomic E-state index is 13.0. The minimum Gasteiger partial charge on any atom is -0.451 e. The second-order valence-corrected chi connectivity index (χ2v) is 9.26. The standard InChI is InChI=1S/C23H20N2O4S/c26-23(22-16-20-19-9-5-4-6-17(19)10-11-21(20)29-22)24-12-14-25(15-13-24)30(27,28)18-7-2-1-3-8-18/h1-11,16H,12-15H2. The molecule has 152 valence electrons. The number of benzene rings is 3. The quantitative estimate of drug-likeness (QED) is 0.506. The van der Waals surface area contributed by atoms with Crippen LogP contribution in [0.4, 0.5) is 0 Å². The molecule has 6 nitrogen and oxygen atoms in total. The molecule has 0 radical (unpaired) electrons. The fourth-order valence-electron chi connectivity index (χ4n) is 3.93. The third-order valence-corrected chi connectivity index (χ3v) is 7.46. The summed E-state index contributed by atoms with van der Waals surface area (Å²) in [6, 6.07) is 22.0. The van der Waals surface area contributed by atoms with Gasteiger partial charge in [0, 0.05) is 31.6 Å². The lowest BCUT2D eigenvalue weighted by molar-refractivity contribution is 0.0668. The highest BCUT2D eigenvalue weighted by molar-refractivity contribution is 7.89. The van der Waals surface area contributed by atoms with Crippen molar-refractivity contribution >= 4 is 37.7 Å². The van der Waals surface area contributed by atoms with Gasteiger partial charge in [-0.3, -0.25) is 4.79 Å². The number of fused-ring (bicyclic) bond motifs is 3. The van der Waals surface area contributed by atoms with Gasteiger partial charge in [-0.25, -0.2) is 8.42 Å². The van der Waals surface area contributed by atoms with E-state index in [0.717, 1.165) is 16.2 Å². The molecule has 4 aromatic rings. The Balaban J connectivity index is 1.35. The van der Waals surface area contributed by atoms with E-state index < -0.39 is 10.0 Å². The predicted molar refractivity (Wildman–Crippen MR) is 115 cm³/mol. The first-order valence-electron chi connectivity index (χ1n) is 9.80. The molecule has 30 heavy (non-hydrogen) atoms. The van der Waals surface area contributed by atoms with E-state index in [-0.39, 0.29) is 29.7 Å². The van der Waals surface area contributed by atoms with Crippen LogP contribution in [0.5, 0.6) is 0 Å². The Labute approximate surface area is 174 Å². The summed E-state index contributed by atoms with van der Waals surface area (Å²) in [6.45, 7) is 1.16. The second kappa shape index (κ2) is 7.27. The Hall–Kier alpha value is -3.16. The van der Waals surface area contributed by atoms with Crippen molar-refractivity contribution in [3.8, 4) is 0 Å². The van der Waals surface area contributed by atoms with Gasteiger partial charge in [-0.15, -0.1) is 0 Å². The molecule has 2 heterocycles. The largest absolute Gasteiger partial charge is 0.451 e. The molecule has 0 bridgehead atoms. The van der Waals surface area contributed by atoms with Crippen molar-refractivity contribution in [2.75, 3.05) is 26.2 Å². The molecule has 7 heteroatoms. The van der Waals surface area contributed by atoms with Crippen LogP contribution in [0, 0.1) is 0 Å². The zero-order chi connectivity index (χ0) is 20.7. The number of carbonyl (C=O) groups excluding carboxylic acids is 1. The van der Waals surface area contributed by atoms with Crippen molar-refractivity contribution in [1.29, 1.82) is 0 Å². The highest BCUT2D eigenvalue weighted by atomic mass is 32.2. The number of amides is 1. The van der Waals surface area contributed by atoms with Crippen LogP contribution in [0.1, 0.15) is 10.6 Å². The molecule has 0 spiro atoms.